The molecular weight excluding hydrogens is 360 g/mol. The molecule has 2 aromatic carbocycles. The van der Waals surface area contributed by atoms with Crippen molar-refractivity contribution in [1.82, 2.24) is 29.8 Å². The average molecular weight is 380 g/mol. The van der Waals surface area contributed by atoms with Crippen molar-refractivity contribution in [3.63, 3.8) is 0 Å². The Balaban J connectivity index is 1.66. The third-order valence-electron chi connectivity index (χ3n) is 4.28. The van der Waals surface area contributed by atoms with Crippen molar-refractivity contribution < 1.29 is 4.74 Å². The van der Waals surface area contributed by atoms with Crippen LogP contribution in [-0.4, -0.2) is 43.5 Å². The highest BCUT2D eigenvalue weighted by molar-refractivity contribution is 7.99. The third kappa shape index (κ3) is 3.58. The number of aromatic nitrogens is 6. The zero-order valence-corrected chi connectivity index (χ0v) is 16.0. The lowest BCUT2D eigenvalue weighted by molar-refractivity contribution is 0.186. The summed E-state index contributed by atoms with van der Waals surface area (Å²) in [5.41, 5.74) is 3.02. The minimum Gasteiger partial charge on any atom is -0.383 e. The highest BCUT2D eigenvalue weighted by Crippen LogP contribution is 2.35. The molecule has 0 amide bonds. The second-order valence-electron chi connectivity index (χ2n) is 6.07. The van der Waals surface area contributed by atoms with Gasteiger partial charge in [0.05, 0.1) is 28.6 Å². The first-order valence-electron chi connectivity index (χ1n) is 8.72. The SMILES string of the molecule is COCCn1c(S[C@H](C)c2nnnn2-c2ccccc2)nc2ccccc21. The molecule has 0 aliphatic carbocycles. The van der Waals surface area contributed by atoms with Gasteiger partial charge in [-0.25, -0.2) is 4.98 Å². The van der Waals surface area contributed by atoms with Crippen LogP contribution in [0.15, 0.2) is 59.8 Å². The van der Waals surface area contributed by atoms with Crippen LogP contribution in [0.25, 0.3) is 16.7 Å². The van der Waals surface area contributed by atoms with Crippen LogP contribution in [0.5, 0.6) is 0 Å². The van der Waals surface area contributed by atoms with Gasteiger partial charge >= 0.3 is 0 Å². The number of ether oxygens (including phenoxy) is 1. The Hall–Kier alpha value is -2.71. The first kappa shape index (κ1) is 17.7. The number of rotatable bonds is 7. The van der Waals surface area contributed by atoms with Crippen molar-refractivity contribution in [3.05, 3.63) is 60.4 Å². The van der Waals surface area contributed by atoms with Gasteiger partial charge < -0.3 is 9.30 Å². The van der Waals surface area contributed by atoms with E-state index in [0.29, 0.717) is 6.61 Å². The zero-order chi connectivity index (χ0) is 18.6. The van der Waals surface area contributed by atoms with Crippen molar-refractivity contribution in [2.45, 2.75) is 23.9 Å². The smallest absolute Gasteiger partial charge is 0.169 e. The summed E-state index contributed by atoms with van der Waals surface area (Å²) >= 11 is 1.65. The molecule has 4 rings (SSSR count). The summed E-state index contributed by atoms with van der Waals surface area (Å²) in [7, 11) is 1.71. The quantitative estimate of drug-likeness (QED) is 0.457. The first-order valence-corrected chi connectivity index (χ1v) is 9.60. The number of para-hydroxylation sites is 3. The van der Waals surface area contributed by atoms with Gasteiger partial charge in [0.2, 0.25) is 0 Å². The number of hydrogen-bond donors (Lipinski definition) is 0. The Morgan fingerprint density at radius 1 is 1.07 bits per heavy atom. The molecule has 2 aromatic heterocycles. The molecule has 0 radical (unpaired) electrons. The zero-order valence-electron chi connectivity index (χ0n) is 15.2. The maximum Gasteiger partial charge on any atom is 0.169 e. The number of hydrogen-bond acceptors (Lipinski definition) is 6. The van der Waals surface area contributed by atoms with Gasteiger partial charge in [0.25, 0.3) is 0 Å². The summed E-state index contributed by atoms with van der Waals surface area (Å²) in [6.07, 6.45) is 0. The van der Waals surface area contributed by atoms with E-state index in [1.54, 1.807) is 23.6 Å². The molecular formula is C19H20N6OS. The van der Waals surface area contributed by atoms with E-state index < -0.39 is 0 Å². The molecule has 0 unspecified atom stereocenters. The summed E-state index contributed by atoms with van der Waals surface area (Å²) in [5.74, 6) is 0.788. The number of nitrogens with zero attached hydrogens (tertiary/aromatic N) is 6. The minimum absolute atomic E-state index is 0.0262. The number of fused-ring (bicyclic) bond motifs is 1. The predicted molar refractivity (Wildman–Crippen MR) is 105 cm³/mol. The maximum atomic E-state index is 5.28. The largest absolute Gasteiger partial charge is 0.383 e. The molecule has 4 aromatic rings. The average Bonchev–Trinajstić information content (AvgIpc) is 3.32. The monoisotopic (exact) mass is 380 g/mol. The second kappa shape index (κ2) is 7.89. The van der Waals surface area contributed by atoms with Gasteiger partial charge in [-0.15, -0.1) is 5.10 Å². The van der Waals surface area contributed by atoms with Crippen LogP contribution >= 0.6 is 11.8 Å². The van der Waals surface area contributed by atoms with E-state index in [1.807, 2.05) is 48.5 Å². The summed E-state index contributed by atoms with van der Waals surface area (Å²) < 4.78 is 9.25. The van der Waals surface area contributed by atoms with E-state index in [1.165, 1.54) is 0 Å². The molecule has 7 nitrogen and oxygen atoms in total. The van der Waals surface area contributed by atoms with Crippen molar-refractivity contribution in [2.75, 3.05) is 13.7 Å². The number of imidazole rings is 1. The fourth-order valence-electron chi connectivity index (χ4n) is 2.95. The van der Waals surface area contributed by atoms with Crippen molar-refractivity contribution in [3.8, 4) is 5.69 Å². The molecule has 0 bridgehead atoms. The van der Waals surface area contributed by atoms with Crippen LogP contribution in [0, 0.1) is 0 Å². The molecule has 27 heavy (non-hydrogen) atoms. The van der Waals surface area contributed by atoms with Gasteiger partial charge in [0.1, 0.15) is 0 Å². The molecule has 8 heteroatoms. The second-order valence-corrected chi connectivity index (χ2v) is 7.38. The molecule has 1 atom stereocenters. The predicted octanol–water partition coefficient (Wildman–Crippen LogP) is 3.51. The summed E-state index contributed by atoms with van der Waals surface area (Å²) in [5, 5.41) is 13.3. The molecule has 138 valence electrons. The van der Waals surface area contributed by atoms with Crippen molar-refractivity contribution in [2.24, 2.45) is 0 Å². The van der Waals surface area contributed by atoms with Crippen LogP contribution in [0.4, 0.5) is 0 Å². The maximum absolute atomic E-state index is 5.28. The minimum atomic E-state index is 0.0262. The summed E-state index contributed by atoms with van der Waals surface area (Å²) in [4.78, 5) is 4.81. The topological polar surface area (TPSA) is 70.7 Å². The van der Waals surface area contributed by atoms with Gasteiger partial charge in [-0.1, -0.05) is 42.1 Å². The molecule has 0 saturated carbocycles. The van der Waals surface area contributed by atoms with E-state index in [4.69, 9.17) is 9.72 Å². The fourth-order valence-corrected chi connectivity index (χ4v) is 3.99. The number of tetrazole rings is 1. The van der Waals surface area contributed by atoms with Gasteiger partial charge in [0.15, 0.2) is 11.0 Å². The van der Waals surface area contributed by atoms with Gasteiger partial charge in [-0.05, 0) is 41.6 Å². The van der Waals surface area contributed by atoms with Crippen molar-refractivity contribution in [1.29, 1.82) is 0 Å². The third-order valence-corrected chi connectivity index (χ3v) is 5.37. The number of benzene rings is 2. The van der Waals surface area contributed by atoms with Crippen LogP contribution < -0.4 is 0 Å². The molecule has 0 saturated heterocycles. The molecule has 0 spiro atoms. The Morgan fingerprint density at radius 2 is 1.85 bits per heavy atom. The Morgan fingerprint density at radius 3 is 2.67 bits per heavy atom. The standard InChI is InChI=1S/C19H20N6OS/c1-14(18-21-22-23-25(18)15-8-4-3-5-9-15)27-19-20-16-10-6-7-11-17(16)24(19)12-13-26-2/h3-11,14H,12-13H2,1-2H3/t14-/m1/s1. The Labute approximate surface area is 161 Å². The van der Waals surface area contributed by atoms with Crippen LogP contribution in [0.2, 0.25) is 0 Å². The Bertz CT molecular complexity index is 1030. The molecule has 0 fully saturated rings. The van der Waals surface area contributed by atoms with E-state index in [0.717, 1.165) is 34.2 Å². The van der Waals surface area contributed by atoms with E-state index >= 15 is 0 Å². The normalized spacial score (nSPS) is 12.5. The van der Waals surface area contributed by atoms with Gasteiger partial charge in [-0.3, -0.25) is 0 Å². The van der Waals surface area contributed by atoms with Gasteiger partial charge in [0, 0.05) is 13.7 Å². The number of methoxy groups -OCH3 is 1. The molecule has 0 aliphatic heterocycles. The fraction of sp³-hybridized carbons (Fsp3) is 0.263. The van der Waals surface area contributed by atoms with E-state index in [-0.39, 0.29) is 5.25 Å². The van der Waals surface area contributed by atoms with Crippen molar-refractivity contribution >= 4 is 22.8 Å². The van der Waals surface area contributed by atoms with E-state index in [2.05, 4.69) is 33.1 Å². The highest BCUT2D eigenvalue weighted by atomic mass is 32.2. The summed E-state index contributed by atoms with van der Waals surface area (Å²) in [6.45, 7) is 3.47. The number of thioether (sulfide) groups is 1. The lowest BCUT2D eigenvalue weighted by Gasteiger charge is -2.13. The van der Waals surface area contributed by atoms with Gasteiger partial charge in [-0.2, -0.15) is 4.68 Å². The lowest BCUT2D eigenvalue weighted by atomic mass is 10.3. The molecule has 0 N–H and O–H groups in total. The Kier molecular flexibility index (Phi) is 5.17. The van der Waals surface area contributed by atoms with E-state index in [9.17, 15) is 0 Å². The van der Waals surface area contributed by atoms with Crippen LogP contribution in [-0.2, 0) is 11.3 Å². The summed E-state index contributed by atoms with van der Waals surface area (Å²) in [6, 6.07) is 18.1. The van der Waals surface area contributed by atoms with Crippen LogP contribution in [0.1, 0.15) is 18.0 Å². The van der Waals surface area contributed by atoms with Crippen LogP contribution in [0.3, 0.4) is 0 Å². The molecule has 2 heterocycles. The molecule has 0 aliphatic rings. The lowest BCUT2D eigenvalue weighted by Crippen LogP contribution is -2.08. The highest BCUT2D eigenvalue weighted by Gasteiger charge is 2.20. The first-order chi connectivity index (χ1) is 13.3.